The van der Waals surface area contributed by atoms with Gasteiger partial charge in [-0.1, -0.05) is 36.7 Å². The minimum absolute atomic E-state index is 0.0748. The van der Waals surface area contributed by atoms with Crippen LogP contribution in [0.1, 0.15) is 45.9 Å². The Kier molecular flexibility index (Phi) is 5.12. The normalized spacial score (nSPS) is 15.3. The van der Waals surface area contributed by atoms with E-state index in [2.05, 4.69) is 48.9 Å². The highest BCUT2D eigenvalue weighted by Crippen LogP contribution is 2.27. The molecule has 0 amide bonds. The third-order valence-electron chi connectivity index (χ3n) is 3.43. The van der Waals surface area contributed by atoms with Crippen molar-refractivity contribution < 1.29 is 9.52 Å². The van der Waals surface area contributed by atoms with Crippen LogP contribution < -0.4 is 5.32 Å². The van der Waals surface area contributed by atoms with Crippen molar-refractivity contribution in [1.82, 2.24) is 5.32 Å². The summed E-state index contributed by atoms with van der Waals surface area (Å²) in [5, 5.41) is 14.5. The first-order chi connectivity index (χ1) is 9.74. The van der Waals surface area contributed by atoms with Crippen molar-refractivity contribution in [2.24, 2.45) is 5.41 Å². The lowest BCUT2D eigenvalue weighted by atomic mass is 9.89. The minimum Gasteiger partial charge on any atom is -0.459 e. The summed E-state index contributed by atoms with van der Waals surface area (Å²) >= 11 is 3.47. The zero-order valence-electron chi connectivity index (χ0n) is 13.1. The summed E-state index contributed by atoms with van der Waals surface area (Å²) in [5.41, 5.74) is 1.02. The van der Waals surface area contributed by atoms with Crippen LogP contribution in [0.15, 0.2) is 33.2 Å². The fourth-order valence-corrected chi connectivity index (χ4v) is 2.82. The number of aliphatic hydroxyl groups is 1. The Balaban J connectivity index is 1.97. The van der Waals surface area contributed by atoms with E-state index >= 15 is 0 Å². The lowest BCUT2D eigenvalue weighted by Crippen LogP contribution is -2.31. The maximum atomic E-state index is 10.1. The van der Waals surface area contributed by atoms with Crippen LogP contribution in [-0.4, -0.2) is 17.8 Å². The molecule has 2 N–H and O–H groups in total. The molecule has 2 atom stereocenters. The summed E-state index contributed by atoms with van der Waals surface area (Å²) < 4.78 is 6.90. The topological polar surface area (TPSA) is 45.4 Å². The molecule has 2 rings (SSSR count). The van der Waals surface area contributed by atoms with Crippen LogP contribution in [-0.2, 0) is 0 Å². The Morgan fingerprint density at radius 1 is 1.29 bits per heavy atom. The Labute approximate surface area is 134 Å². The number of fused-ring (bicyclic) bond motifs is 1. The van der Waals surface area contributed by atoms with E-state index < -0.39 is 0 Å². The van der Waals surface area contributed by atoms with E-state index in [1.807, 2.05) is 24.3 Å². The fraction of sp³-hybridized carbons (Fsp3) is 0.529. The number of halogens is 1. The molecule has 0 bridgehead atoms. The SMILES string of the molecule is CC(NCC(O)CC(C)(C)C)c1cc2cc(Br)ccc2o1. The molecule has 4 heteroatoms. The van der Waals surface area contributed by atoms with Crippen molar-refractivity contribution in [3.8, 4) is 0 Å². The molecule has 0 saturated heterocycles. The van der Waals surface area contributed by atoms with Gasteiger partial charge in [0.1, 0.15) is 11.3 Å². The molecule has 0 radical (unpaired) electrons. The number of nitrogens with one attached hydrogen (secondary N) is 1. The zero-order valence-corrected chi connectivity index (χ0v) is 14.7. The zero-order chi connectivity index (χ0) is 15.6. The van der Waals surface area contributed by atoms with Gasteiger partial charge in [0.2, 0.25) is 0 Å². The molecule has 21 heavy (non-hydrogen) atoms. The second-order valence-electron chi connectivity index (χ2n) is 6.88. The Morgan fingerprint density at radius 2 is 2.00 bits per heavy atom. The van der Waals surface area contributed by atoms with Gasteiger partial charge in [0.25, 0.3) is 0 Å². The monoisotopic (exact) mass is 353 g/mol. The first-order valence-corrected chi connectivity index (χ1v) is 8.14. The molecule has 2 aromatic rings. The van der Waals surface area contributed by atoms with Crippen LogP contribution >= 0.6 is 15.9 Å². The van der Waals surface area contributed by atoms with Crippen LogP contribution in [0.5, 0.6) is 0 Å². The number of rotatable bonds is 5. The van der Waals surface area contributed by atoms with Crippen LogP contribution in [0.25, 0.3) is 11.0 Å². The Morgan fingerprint density at radius 3 is 2.67 bits per heavy atom. The average molecular weight is 354 g/mol. The third-order valence-corrected chi connectivity index (χ3v) is 3.93. The number of benzene rings is 1. The number of hydrogen-bond donors (Lipinski definition) is 2. The number of furan rings is 1. The molecule has 0 fully saturated rings. The highest BCUT2D eigenvalue weighted by molar-refractivity contribution is 9.10. The lowest BCUT2D eigenvalue weighted by molar-refractivity contribution is 0.116. The van der Waals surface area contributed by atoms with Gasteiger partial charge in [-0.2, -0.15) is 0 Å². The molecule has 116 valence electrons. The van der Waals surface area contributed by atoms with Gasteiger partial charge in [-0.25, -0.2) is 0 Å². The summed E-state index contributed by atoms with van der Waals surface area (Å²) in [6.07, 6.45) is 0.436. The molecule has 1 aromatic heterocycles. The smallest absolute Gasteiger partial charge is 0.134 e. The second-order valence-corrected chi connectivity index (χ2v) is 7.80. The fourth-order valence-electron chi connectivity index (χ4n) is 2.44. The van der Waals surface area contributed by atoms with Crippen molar-refractivity contribution in [3.05, 3.63) is 34.5 Å². The summed E-state index contributed by atoms with van der Waals surface area (Å²) in [5.74, 6) is 0.894. The molecular weight excluding hydrogens is 330 g/mol. The summed E-state index contributed by atoms with van der Waals surface area (Å²) in [6.45, 7) is 9.03. The molecule has 0 saturated carbocycles. The van der Waals surface area contributed by atoms with Gasteiger partial charge < -0.3 is 14.8 Å². The van der Waals surface area contributed by atoms with E-state index in [0.29, 0.717) is 6.54 Å². The van der Waals surface area contributed by atoms with Crippen molar-refractivity contribution in [2.45, 2.75) is 46.3 Å². The van der Waals surface area contributed by atoms with Crippen molar-refractivity contribution >= 4 is 26.9 Å². The molecule has 1 aromatic carbocycles. The molecule has 0 spiro atoms. The van der Waals surface area contributed by atoms with Gasteiger partial charge in [0.15, 0.2) is 0 Å². The van der Waals surface area contributed by atoms with E-state index in [0.717, 1.165) is 27.6 Å². The van der Waals surface area contributed by atoms with Crippen LogP contribution in [0, 0.1) is 5.41 Å². The number of hydrogen-bond acceptors (Lipinski definition) is 3. The van der Waals surface area contributed by atoms with Gasteiger partial charge in [-0.15, -0.1) is 0 Å². The highest BCUT2D eigenvalue weighted by atomic mass is 79.9. The van der Waals surface area contributed by atoms with E-state index in [1.54, 1.807) is 0 Å². The summed E-state index contributed by atoms with van der Waals surface area (Å²) in [4.78, 5) is 0. The van der Waals surface area contributed by atoms with E-state index in [-0.39, 0.29) is 17.6 Å². The maximum Gasteiger partial charge on any atom is 0.134 e. The van der Waals surface area contributed by atoms with Gasteiger partial charge in [0.05, 0.1) is 12.1 Å². The number of aliphatic hydroxyl groups excluding tert-OH is 1. The highest BCUT2D eigenvalue weighted by Gasteiger charge is 2.18. The predicted molar refractivity (Wildman–Crippen MR) is 90.4 cm³/mol. The third kappa shape index (κ3) is 4.83. The van der Waals surface area contributed by atoms with E-state index in [9.17, 15) is 5.11 Å². The lowest BCUT2D eigenvalue weighted by Gasteiger charge is -2.23. The van der Waals surface area contributed by atoms with Crippen LogP contribution in [0.4, 0.5) is 0 Å². The van der Waals surface area contributed by atoms with E-state index in [1.165, 1.54) is 0 Å². The van der Waals surface area contributed by atoms with Crippen LogP contribution in [0.2, 0.25) is 0 Å². The summed E-state index contributed by atoms with van der Waals surface area (Å²) in [6, 6.07) is 8.10. The molecule has 2 unspecified atom stereocenters. The van der Waals surface area contributed by atoms with Crippen molar-refractivity contribution in [1.29, 1.82) is 0 Å². The summed E-state index contributed by atoms with van der Waals surface area (Å²) in [7, 11) is 0. The van der Waals surface area contributed by atoms with Gasteiger partial charge >= 0.3 is 0 Å². The van der Waals surface area contributed by atoms with E-state index in [4.69, 9.17) is 4.42 Å². The second kappa shape index (κ2) is 6.51. The molecule has 1 heterocycles. The van der Waals surface area contributed by atoms with Gasteiger partial charge in [-0.05, 0) is 43.0 Å². The molecule has 0 aliphatic heterocycles. The first-order valence-electron chi connectivity index (χ1n) is 7.35. The Hall–Kier alpha value is -0.840. The standard InChI is InChI=1S/C17H24BrNO2/c1-11(19-10-14(20)9-17(2,3)4)16-8-12-7-13(18)5-6-15(12)21-16/h5-8,11,14,19-20H,9-10H2,1-4H3. The minimum atomic E-state index is -0.342. The molecule has 0 aliphatic carbocycles. The Bertz CT molecular complexity index is 600. The van der Waals surface area contributed by atoms with Crippen LogP contribution in [0.3, 0.4) is 0 Å². The largest absolute Gasteiger partial charge is 0.459 e. The molecule has 0 aliphatic rings. The predicted octanol–water partition coefficient (Wildman–Crippen LogP) is 4.64. The molecular formula is C17H24BrNO2. The molecule has 3 nitrogen and oxygen atoms in total. The van der Waals surface area contributed by atoms with Gasteiger partial charge in [0, 0.05) is 16.4 Å². The first kappa shape index (κ1) is 16.5. The quantitative estimate of drug-likeness (QED) is 0.822. The maximum absolute atomic E-state index is 10.1. The van der Waals surface area contributed by atoms with Crippen molar-refractivity contribution in [3.63, 3.8) is 0 Å². The van der Waals surface area contributed by atoms with Gasteiger partial charge in [-0.3, -0.25) is 0 Å². The van der Waals surface area contributed by atoms with Crippen molar-refractivity contribution in [2.75, 3.05) is 6.54 Å². The average Bonchev–Trinajstić information content (AvgIpc) is 2.76.